The Morgan fingerprint density at radius 1 is 1.00 bits per heavy atom. The highest BCUT2D eigenvalue weighted by molar-refractivity contribution is 5.35. The lowest BCUT2D eigenvalue weighted by atomic mass is 9.87. The summed E-state index contributed by atoms with van der Waals surface area (Å²) in [6.45, 7) is 2.14. The third kappa shape index (κ3) is 2.80. The summed E-state index contributed by atoms with van der Waals surface area (Å²) in [5.74, 6) is 0.358. The first-order valence-electron chi connectivity index (χ1n) is 6.91. The highest BCUT2D eigenvalue weighted by Crippen LogP contribution is 2.28. The van der Waals surface area contributed by atoms with Crippen LogP contribution in [0.4, 0.5) is 0 Å². The summed E-state index contributed by atoms with van der Waals surface area (Å²) in [6.07, 6.45) is 4.59. The molecule has 100 valence electrons. The van der Waals surface area contributed by atoms with E-state index in [4.69, 9.17) is 0 Å². The number of aromatic amines is 1. The van der Waals surface area contributed by atoms with Crippen LogP contribution in [-0.2, 0) is 6.42 Å². The second-order valence-corrected chi connectivity index (χ2v) is 5.16. The van der Waals surface area contributed by atoms with Crippen LogP contribution in [0, 0.1) is 6.92 Å². The van der Waals surface area contributed by atoms with Crippen molar-refractivity contribution in [2.75, 3.05) is 0 Å². The van der Waals surface area contributed by atoms with Gasteiger partial charge in [0.25, 0.3) is 0 Å². The average molecular weight is 262 g/mol. The molecule has 0 amide bonds. The second-order valence-electron chi connectivity index (χ2n) is 5.16. The van der Waals surface area contributed by atoms with E-state index in [1.165, 1.54) is 22.4 Å². The highest BCUT2D eigenvalue weighted by atomic mass is 14.9. The third-order valence-corrected chi connectivity index (χ3v) is 3.63. The van der Waals surface area contributed by atoms with Crippen molar-refractivity contribution in [2.24, 2.45) is 0 Å². The lowest BCUT2D eigenvalue weighted by Crippen LogP contribution is -2.05. The standard InChI is InChI=1S/C18H18N2/c1-14-6-5-9-16(10-14)18(11-17-12-19-13-20-17)15-7-3-2-4-8-15/h2-10,12-13,18H,11H2,1H3,(H,19,20). The van der Waals surface area contributed by atoms with Crippen LogP contribution < -0.4 is 0 Å². The van der Waals surface area contributed by atoms with Crippen LogP contribution in [-0.4, -0.2) is 9.97 Å². The van der Waals surface area contributed by atoms with Crippen molar-refractivity contribution >= 4 is 0 Å². The summed E-state index contributed by atoms with van der Waals surface area (Å²) in [5, 5.41) is 0. The van der Waals surface area contributed by atoms with E-state index in [0.29, 0.717) is 5.92 Å². The summed E-state index contributed by atoms with van der Waals surface area (Å²) in [6, 6.07) is 19.4. The van der Waals surface area contributed by atoms with Gasteiger partial charge in [0.1, 0.15) is 0 Å². The minimum absolute atomic E-state index is 0.358. The summed E-state index contributed by atoms with van der Waals surface area (Å²) >= 11 is 0. The molecule has 1 N–H and O–H groups in total. The normalized spacial score (nSPS) is 12.2. The molecule has 1 aromatic heterocycles. The number of imidazole rings is 1. The van der Waals surface area contributed by atoms with E-state index in [2.05, 4.69) is 71.5 Å². The van der Waals surface area contributed by atoms with Crippen molar-refractivity contribution in [1.29, 1.82) is 0 Å². The molecule has 2 heteroatoms. The van der Waals surface area contributed by atoms with Gasteiger partial charge in [0, 0.05) is 17.8 Å². The number of aromatic nitrogens is 2. The fraction of sp³-hybridized carbons (Fsp3) is 0.167. The maximum Gasteiger partial charge on any atom is 0.0921 e. The first-order chi connectivity index (χ1) is 9.83. The van der Waals surface area contributed by atoms with E-state index in [1.807, 2.05) is 6.20 Å². The molecule has 3 rings (SSSR count). The SMILES string of the molecule is Cc1cccc(C(Cc2cnc[nH]2)c2ccccc2)c1. The fourth-order valence-corrected chi connectivity index (χ4v) is 2.62. The number of nitrogens with one attached hydrogen (secondary N) is 1. The molecule has 1 atom stereocenters. The van der Waals surface area contributed by atoms with Crippen LogP contribution in [0.15, 0.2) is 67.1 Å². The molecule has 1 heterocycles. The first-order valence-corrected chi connectivity index (χ1v) is 6.91. The molecule has 2 aromatic carbocycles. The van der Waals surface area contributed by atoms with E-state index >= 15 is 0 Å². The third-order valence-electron chi connectivity index (χ3n) is 3.63. The molecule has 0 spiro atoms. The van der Waals surface area contributed by atoms with E-state index in [9.17, 15) is 0 Å². The number of hydrogen-bond acceptors (Lipinski definition) is 1. The zero-order valence-electron chi connectivity index (χ0n) is 11.6. The van der Waals surface area contributed by atoms with Crippen LogP contribution in [0.1, 0.15) is 28.3 Å². The monoisotopic (exact) mass is 262 g/mol. The van der Waals surface area contributed by atoms with Gasteiger partial charge in [-0.05, 0) is 24.5 Å². The lowest BCUT2D eigenvalue weighted by Gasteiger charge is -2.18. The first kappa shape index (κ1) is 12.7. The van der Waals surface area contributed by atoms with Gasteiger partial charge in [-0.25, -0.2) is 4.98 Å². The van der Waals surface area contributed by atoms with Gasteiger partial charge in [-0.15, -0.1) is 0 Å². The Balaban J connectivity index is 1.99. The molecule has 0 aliphatic carbocycles. The maximum absolute atomic E-state index is 4.12. The molecule has 20 heavy (non-hydrogen) atoms. The lowest BCUT2D eigenvalue weighted by molar-refractivity contribution is 0.787. The number of rotatable bonds is 4. The van der Waals surface area contributed by atoms with Gasteiger partial charge in [0.2, 0.25) is 0 Å². The maximum atomic E-state index is 4.12. The Morgan fingerprint density at radius 2 is 1.80 bits per heavy atom. The fourth-order valence-electron chi connectivity index (χ4n) is 2.62. The highest BCUT2D eigenvalue weighted by Gasteiger charge is 2.15. The van der Waals surface area contributed by atoms with Crippen molar-refractivity contribution < 1.29 is 0 Å². The Bertz CT molecular complexity index is 657. The number of benzene rings is 2. The summed E-state index contributed by atoms with van der Waals surface area (Å²) < 4.78 is 0. The Labute approximate surface area is 119 Å². The summed E-state index contributed by atoms with van der Waals surface area (Å²) in [5.41, 5.74) is 5.16. The summed E-state index contributed by atoms with van der Waals surface area (Å²) in [7, 11) is 0. The molecule has 3 aromatic rings. The zero-order valence-corrected chi connectivity index (χ0v) is 11.6. The van der Waals surface area contributed by atoms with Gasteiger partial charge in [0.15, 0.2) is 0 Å². The molecule has 0 saturated carbocycles. The zero-order chi connectivity index (χ0) is 13.8. The van der Waals surface area contributed by atoms with Crippen LogP contribution >= 0.6 is 0 Å². The van der Waals surface area contributed by atoms with Crippen molar-refractivity contribution in [3.05, 3.63) is 89.5 Å². The molecule has 1 unspecified atom stereocenters. The Morgan fingerprint density at radius 3 is 2.50 bits per heavy atom. The van der Waals surface area contributed by atoms with Crippen LogP contribution in [0.5, 0.6) is 0 Å². The van der Waals surface area contributed by atoms with Crippen LogP contribution in [0.25, 0.3) is 0 Å². The van der Waals surface area contributed by atoms with E-state index in [-0.39, 0.29) is 0 Å². The molecule has 0 aliphatic heterocycles. The van der Waals surface area contributed by atoms with Crippen LogP contribution in [0.2, 0.25) is 0 Å². The van der Waals surface area contributed by atoms with Crippen molar-refractivity contribution in [3.63, 3.8) is 0 Å². The molecular formula is C18H18N2. The van der Waals surface area contributed by atoms with Crippen molar-refractivity contribution in [1.82, 2.24) is 9.97 Å². The molecule has 0 bridgehead atoms. The van der Waals surface area contributed by atoms with Gasteiger partial charge >= 0.3 is 0 Å². The summed E-state index contributed by atoms with van der Waals surface area (Å²) in [4.78, 5) is 7.34. The number of hydrogen-bond donors (Lipinski definition) is 1. The van der Waals surface area contributed by atoms with E-state index in [1.54, 1.807) is 6.33 Å². The van der Waals surface area contributed by atoms with Gasteiger partial charge in [-0.3, -0.25) is 0 Å². The molecule has 0 radical (unpaired) electrons. The molecule has 0 saturated heterocycles. The van der Waals surface area contributed by atoms with Crippen molar-refractivity contribution in [2.45, 2.75) is 19.3 Å². The average Bonchev–Trinajstić information content (AvgIpc) is 2.99. The van der Waals surface area contributed by atoms with Gasteiger partial charge in [-0.2, -0.15) is 0 Å². The van der Waals surface area contributed by atoms with E-state index < -0.39 is 0 Å². The molecule has 0 fully saturated rings. The van der Waals surface area contributed by atoms with Gasteiger partial charge in [-0.1, -0.05) is 60.2 Å². The van der Waals surface area contributed by atoms with Gasteiger partial charge < -0.3 is 4.98 Å². The minimum Gasteiger partial charge on any atom is -0.348 e. The predicted octanol–water partition coefficient (Wildman–Crippen LogP) is 4.09. The molecule has 2 nitrogen and oxygen atoms in total. The number of nitrogens with zero attached hydrogens (tertiary/aromatic N) is 1. The molecular weight excluding hydrogens is 244 g/mol. The van der Waals surface area contributed by atoms with Crippen molar-refractivity contribution in [3.8, 4) is 0 Å². The quantitative estimate of drug-likeness (QED) is 0.753. The Kier molecular flexibility index (Phi) is 3.64. The van der Waals surface area contributed by atoms with Gasteiger partial charge in [0.05, 0.1) is 6.33 Å². The second kappa shape index (κ2) is 5.74. The molecule has 0 aliphatic rings. The number of H-pyrrole nitrogens is 1. The Hall–Kier alpha value is -2.35. The predicted molar refractivity (Wildman–Crippen MR) is 81.8 cm³/mol. The minimum atomic E-state index is 0.358. The van der Waals surface area contributed by atoms with Crippen LogP contribution in [0.3, 0.4) is 0 Å². The van der Waals surface area contributed by atoms with E-state index in [0.717, 1.165) is 6.42 Å². The topological polar surface area (TPSA) is 28.7 Å². The largest absolute Gasteiger partial charge is 0.348 e. The number of aryl methyl sites for hydroxylation is 1. The smallest absolute Gasteiger partial charge is 0.0921 e.